The molecular weight excluding hydrogens is 256 g/mol. The average Bonchev–Trinajstić information content (AvgIpc) is 2.46. The Balaban J connectivity index is 2.39. The normalized spacial score (nSPS) is 11.2. The molecule has 20 heavy (non-hydrogen) atoms. The molecule has 0 N–H and O–H groups in total. The standard InChI is InChI=1S/C15H12N2O3/c1-11(18)14(15-4-2-3-9-16-15)10-12-5-7-13(8-6-12)17(19)20/h2-10H,1H3/b14-10-. The predicted molar refractivity (Wildman–Crippen MR) is 75.9 cm³/mol. The minimum absolute atomic E-state index is 0.0179. The molecule has 0 unspecified atom stereocenters. The molecule has 1 aromatic carbocycles. The van der Waals surface area contributed by atoms with Crippen LogP contribution in [0.2, 0.25) is 0 Å². The second-order valence-corrected chi connectivity index (χ2v) is 4.18. The van der Waals surface area contributed by atoms with Crippen molar-refractivity contribution in [1.29, 1.82) is 0 Å². The molecule has 5 heteroatoms. The lowest BCUT2D eigenvalue weighted by molar-refractivity contribution is -0.384. The summed E-state index contributed by atoms with van der Waals surface area (Å²) >= 11 is 0. The van der Waals surface area contributed by atoms with Gasteiger partial charge in [-0.1, -0.05) is 6.07 Å². The van der Waals surface area contributed by atoms with E-state index in [2.05, 4.69) is 4.98 Å². The van der Waals surface area contributed by atoms with E-state index in [4.69, 9.17) is 0 Å². The van der Waals surface area contributed by atoms with E-state index in [-0.39, 0.29) is 11.5 Å². The van der Waals surface area contributed by atoms with Crippen molar-refractivity contribution in [3.63, 3.8) is 0 Å². The molecule has 1 heterocycles. The van der Waals surface area contributed by atoms with E-state index in [1.807, 2.05) is 0 Å². The Morgan fingerprint density at radius 3 is 2.40 bits per heavy atom. The number of Topliss-reactive ketones (excluding diaryl/α,β-unsaturated/α-hetero) is 1. The molecule has 0 aliphatic carbocycles. The maximum atomic E-state index is 11.7. The van der Waals surface area contributed by atoms with Gasteiger partial charge in [0, 0.05) is 23.9 Å². The van der Waals surface area contributed by atoms with Crippen LogP contribution < -0.4 is 0 Å². The molecule has 0 radical (unpaired) electrons. The van der Waals surface area contributed by atoms with Crippen molar-refractivity contribution in [2.24, 2.45) is 0 Å². The number of nitro groups is 1. The molecule has 2 rings (SSSR count). The van der Waals surface area contributed by atoms with Crippen molar-refractivity contribution < 1.29 is 9.72 Å². The third kappa shape index (κ3) is 3.14. The van der Waals surface area contributed by atoms with Crippen LogP contribution in [0, 0.1) is 10.1 Å². The Morgan fingerprint density at radius 1 is 1.20 bits per heavy atom. The third-order valence-electron chi connectivity index (χ3n) is 2.74. The SMILES string of the molecule is CC(=O)/C(=C/c1ccc([N+](=O)[O-])cc1)c1ccccn1. The maximum absolute atomic E-state index is 11.7. The van der Waals surface area contributed by atoms with Gasteiger partial charge in [-0.25, -0.2) is 0 Å². The molecule has 0 amide bonds. The summed E-state index contributed by atoms with van der Waals surface area (Å²) < 4.78 is 0. The monoisotopic (exact) mass is 268 g/mol. The summed E-state index contributed by atoms with van der Waals surface area (Å²) in [5.41, 5.74) is 1.79. The van der Waals surface area contributed by atoms with Gasteiger partial charge in [-0.2, -0.15) is 0 Å². The highest BCUT2D eigenvalue weighted by atomic mass is 16.6. The number of pyridine rings is 1. The second-order valence-electron chi connectivity index (χ2n) is 4.18. The Morgan fingerprint density at radius 2 is 1.90 bits per heavy atom. The highest BCUT2D eigenvalue weighted by Crippen LogP contribution is 2.19. The van der Waals surface area contributed by atoms with E-state index in [1.54, 1.807) is 42.6 Å². The van der Waals surface area contributed by atoms with Crippen molar-refractivity contribution in [1.82, 2.24) is 4.98 Å². The van der Waals surface area contributed by atoms with E-state index in [0.717, 1.165) is 0 Å². The van der Waals surface area contributed by atoms with E-state index >= 15 is 0 Å². The summed E-state index contributed by atoms with van der Waals surface area (Å²) in [5.74, 6) is -0.109. The Bertz CT molecular complexity index is 661. The minimum Gasteiger partial charge on any atom is -0.294 e. The van der Waals surface area contributed by atoms with Gasteiger partial charge in [0.05, 0.1) is 10.6 Å². The fourth-order valence-electron chi connectivity index (χ4n) is 1.74. The molecule has 0 spiro atoms. The predicted octanol–water partition coefficient (Wildman–Crippen LogP) is 3.12. The summed E-state index contributed by atoms with van der Waals surface area (Å²) in [5, 5.41) is 10.6. The molecule has 0 fully saturated rings. The highest BCUT2D eigenvalue weighted by molar-refractivity contribution is 6.23. The molecule has 0 saturated heterocycles. The minimum atomic E-state index is -0.460. The lowest BCUT2D eigenvalue weighted by atomic mass is 10.0. The van der Waals surface area contributed by atoms with Crippen molar-refractivity contribution in [3.05, 3.63) is 70.0 Å². The number of hydrogen-bond acceptors (Lipinski definition) is 4. The first kappa shape index (κ1) is 13.6. The molecular formula is C15H12N2O3. The number of carbonyl (C=O) groups is 1. The molecule has 2 aromatic rings. The van der Waals surface area contributed by atoms with Gasteiger partial charge < -0.3 is 0 Å². The molecule has 0 saturated carbocycles. The first-order valence-corrected chi connectivity index (χ1v) is 5.96. The molecule has 0 atom stereocenters. The maximum Gasteiger partial charge on any atom is 0.269 e. The van der Waals surface area contributed by atoms with Crippen LogP contribution in [0.3, 0.4) is 0 Å². The largest absolute Gasteiger partial charge is 0.294 e. The highest BCUT2D eigenvalue weighted by Gasteiger charge is 2.09. The number of carbonyl (C=O) groups excluding carboxylic acids is 1. The van der Waals surface area contributed by atoms with E-state index < -0.39 is 4.92 Å². The molecule has 0 bridgehead atoms. The van der Waals surface area contributed by atoms with Gasteiger partial charge in [0.2, 0.25) is 0 Å². The van der Waals surface area contributed by atoms with Gasteiger partial charge in [0.25, 0.3) is 5.69 Å². The quantitative estimate of drug-likeness (QED) is 0.485. The van der Waals surface area contributed by atoms with Gasteiger partial charge in [0.1, 0.15) is 0 Å². The van der Waals surface area contributed by atoms with E-state index in [1.165, 1.54) is 19.1 Å². The molecule has 0 aliphatic rings. The number of hydrogen-bond donors (Lipinski definition) is 0. The summed E-state index contributed by atoms with van der Waals surface area (Å²) in [6.07, 6.45) is 3.29. The fraction of sp³-hybridized carbons (Fsp3) is 0.0667. The zero-order valence-corrected chi connectivity index (χ0v) is 10.8. The van der Waals surface area contributed by atoms with Crippen LogP contribution in [0.25, 0.3) is 11.6 Å². The van der Waals surface area contributed by atoms with Crippen LogP contribution in [0.5, 0.6) is 0 Å². The molecule has 0 aliphatic heterocycles. The zero-order valence-electron chi connectivity index (χ0n) is 10.8. The lowest BCUT2D eigenvalue weighted by Crippen LogP contribution is -1.98. The first-order valence-electron chi connectivity index (χ1n) is 5.96. The number of benzene rings is 1. The van der Waals surface area contributed by atoms with Crippen LogP contribution >= 0.6 is 0 Å². The smallest absolute Gasteiger partial charge is 0.269 e. The van der Waals surface area contributed by atoms with Crippen molar-refractivity contribution >= 4 is 23.1 Å². The van der Waals surface area contributed by atoms with Gasteiger partial charge in [0.15, 0.2) is 5.78 Å². The van der Waals surface area contributed by atoms with Crippen molar-refractivity contribution in [2.75, 3.05) is 0 Å². The number of allylic oxidation sites excluding steroid dienone is 1. The Hall–Kier alpha value is -2.82. The van der Waals surface area contributed by atoms with Crippen LogP contribution in [0.15, 0.2) is 48.7 Å². The topological polar surface area (TPSA) is 73.1 Å². The number of nitro benzene ring substituents is 1. The summed E-state index contributed by atoms with van der Waals surface area (Å²) in [6.45, 7) is 1.46. The van der Waals surface area contributed by atoms with Crippen LogP contribution in [-0.4, -0.2) is 15.7 Å². The number of nitrogens with zero attached hydrogens (tertiary/aromatic N) is 2. The van der Waals surface area contributed by atoms with Gasteiger partial charge in [-0.3, -0.25) is 19.9 Å². The van der Waals surface area contributed by atoms with E-state index in [9.17, 15) is 14.9 Å². The number of aromatic nitrogens is 1. The summed E-state index contributed by atoms with van der Waals surface area (Å²) in [4.78, 5) is 26.0. The lowest BCUT2D eigenvalue weighted by Gasteiger charge is -2.03. The Labute approximate surface area is 115 Å². The van der Waals surface area contributed by atoms with Gasteiger partial charge >= 0.3 is 0 Å². The number of ketones is 1. The first-order chi connectivity index (χ1) is 9.58. The van der Waals surface area contributed by atoms with Crippen molar-refractivity contribution in [2.45, 2.75) is 6.92 Å². The molecule has 1 aromatic heterocycles. The summed E-state index contributed by atoms with van der Waals surface area (Å²) in [7, 11) is 0. The summed E-state index contributed by atoms with van der Waals surface area (Å²) in [6, 6.07) is 11.3. The molecule has 5 nitrogen and oxygen atoms in total. The second kappa shape index (κ2) is 5.88. The van der Waals surface area contributed by atoms with Gasteiger partial charge in [-0.05, 0) is 42.8 Å². The zero-order chi connectivity index (χ0) is 14.5. The number of rotatable bonds is 4. The number of non-ortho nitro benzene ring substituents is 1. The Kier molecular flexibility index (Phi) is 4.00. The van der Waals surface area contributed by atoms with Gasteiger partial charge in [-0.15, -0.1) is 0 Å². The van der Waals surface area contributed by atoms with Crippen molar-refractivity contribution in [3.8, 4) is 0 Å². The average molecular weight is 268 g/mol. The fourth-order valence-corrected chi connectivity index (χ4v) is 1.74. The van der Waals surface area contributed by atoms with E-state index in [0.29, 0.717) is 16.8 Å². The van der Waals surface area contributed by atoms with Crippen LogP contribution in [0.1, 0.15) is 18.2 Å². The van der Waals surface area contributed by atoms with Crippen LogP contribution in [-0.2, 0) is 4.79 Å². The molecule has 100 valence electrons. The third-order valence-corrected chi connectivity index (χ3v) is 2.74. The van der Waals surface area contributed by atoms with Crippen LogP contribution in [0.4, 0.5) is 5.69 Å².